The Hall–Kier alpha value is -3.64. The molecular weight excluding hydrogens is 428 g/mol. The van der Waals surface area contributed by atoms with Crippen LogP contribution < -0.4 is 10.5 Å². The molecule has 3 aromatic rings. The maximum Gasteiger partial charge on any atom is 0.254 e. The minimum atomic E-state index is -0.519. The van der Waals surface area contributed by atoms with Gasteiger partial charge >= 0.3 is 0 Å². The van der Waals surface area contributed by atoms with Gasteiger partial charge in [0.1, 0.15) is 5.75 Å². The van der Waals surface area contributed by atoms with E-state index in [0.717, 1.165) is 24.8 Å². The summed E-state index contributed by atoms with van der Waals surface area (Å²) < 4.78 is 11.3. The van der Waals surface area contributed by atoms with E-state index < -0.39 is 5.91 Å². The van der Waals surface area contributed by atoms with Crippen LogP contribution in [0.5, 0.6) is 5.75 Å². The summed E-state index contributed by atoms with van der Waals surface area (Å²) in [7, 11) is 0. The number of aryl methyl sites for hydroxylation is 1. The van der Waals surface area contributed by atoms with Crippen molar-refractivity contribution in [2.45, 2.75) is 19.3 Å². The van der Waals surface area contributed by atoms with Gasteiger partial charge in [-0.3, -0.25) is 9.59 Å². The standard InChI is InChI=1S/C28H30N2O4/c29-27(31)25-13-12-24(34-16-5-4-9-21-7-2-1-3-8-21)20-26(25)22-10-6-11-23(19-22)28(32)30-14-17-33-18-15-30/h1-3,6-8,10-13,19-20H,4-5,9,14-18H2,(H2,29,31). The Balaban J connectivity index is 1.45. The summed E-state index contributed by atoms with van der Waals surface area (Å²) in [6.45, 7) is 2.81. The number of nitrogens with two attached hydrogens (primary N) is 1. The molecule has 2 amide bonds. The topological polar surface area (TPSA) is 81.9 Å². The molecule has 0 bridgehead atoms. The number of nitrogens with zero attached hydrogens (tertiary/aromatic N) is 1. The van der Waals surface area contributed by atoms with Crippen LogP contribution in [-0.2, 0) is 11.2 Å². The van der Waals surface area contributed by atoms with Gasteiger partial charge < -0.3 is 20.1 Å². The van der Waals surface area contributed by atoms with Crippen LogP contribution in [0.4, 0.5) is 0 Å². The number of primary amides is 1. The van der Waals surface area contributed by atoms with Gasteiger partial charge in [-0.25, -0.2) is 0 Å². The van der Waals surface area contributed by atoms with E-state index in [-0.39, 0.29) is 5.91 Å². The van der Waals surface area contributed by atoms with Crippen molar-refractivity contribution in [2.24, 2.45) is 5.73 Å². The molecule has 6 heteroatoms. The maximum absolute atomic E-state index is 12.9. The predicted molar refractivity (Wildman–Crippen MR) is 132 cm³/mol. The molecule has 0 aromatic heterocycles. The maximum atomic E-state index is 12.9. The Morgan fingerprint density at radius 3 is 2.47 bits per heavy atom. The normalized spacial score (nSPS) is 13.5. The smallest absolute Gasteiger partial charge is 0.254 e. The van der Waals surface area contributed by atoms with Crippen LogP contribution in [0.25, 0.3) is 11.1 Å². The molecule has 2 N–H and O–H groups in total. The lowest BCUT2D eigenvalue weighted by molar-refractivity contribution is 0.0303. The number of ether oxygens (including phenoxy) is 2. The minimum Gasteiger partial charge on any atom is -0.494 e. The van der Waals surface area contributed by atoms with Crippen LogP contribution in [0.2, 0.25) is 0 Å². The Bertz CT molecular complexity index is 1120. The predicted octanol–water partition coefficient (Wildman–Crippen LogP) is 4.33. The molecule has 1 saturated heterocycles. The first-order chi connectivity index (χ1) is 16.6. The molecule has 4 rings (SSSR count). The van der Waals surface area contributed by atoms with Gasteiger partial charge in [0.15, 0.2) is 0 Å². The largest absolute Gasteiger partial charge is 0.494 e. The quantitative estimate of drug-likeness (QED) is 0.484. The van der Waals surface area contributed by atoms with E-state index in [1.807, 2.05) is 30.3 Å². The summed E-state index contributed by atoms with van der Waals surface area (Å²) in [6.07, 6.45) is 2.97. The van der Waals surface area contributed by atoms with E-state index in [1.54, 1.807) is 23.1 Å². The lowest BCUT2D eigenvalue weighted by atomic mass is 9.97. The molecule has 176 valence electrons. The van der Waals surface area contributed by atoms with Crippen molar-refractivity contribution in [1.82, 2.24) is 4.90 Å². The summed E-state index contributed by atoms with van der Waals surface area (Å²) in [5.74, 6) is 0.107. The molecule has 0 atom stereocenters. The van der Waals surface area contributed by atoms with Gasteiger partial charge in [-0.15, -0.1) is 0 Å². The van der Waals surface area contributed by atoms with Crippen LogP contribution in [-0.4, -0.2) is 49.6 Å². The van der Waals surface area contributed by atoms with Crippen LogP contribution >= 0.6 is 0 Å². The molecule has 1 heterocycles. The second kappa shape index (κ2) is 11.5. The molecule has 0 saturated carbocycles. The summed E-state index contributed by atoms with van der Waals surface area (Å²) in [5.41, 5.74) is 9.34. The second-order valence-electron chi connectivity index (χ2n) is 8.35. The number of hydrogen-bond acceptors (Lipinski definition) is 4. The molecule has 1 fully saturated rings. The molecule has 0 aliphatic carbocycles. The van der Waals surface area contributed by atoms with E-state index in [0.29, 0.717) is 55.4 Å². The van der Waals surface area contributed by atoms with Gasteiger partial charge in [0, 0.05) is 24.2 Å². The van der Waals surface area contributed by atoms with Gasteiger partial charge in [-0.2, -0.15) is 0 Å². The van der Waals surface area contributed by atoms with Crippen LogP contribution in [0.3, 0.4) is 0 Å². The highest BCUT2D eigenvalue weighted by Crippen LogP contribution is 2.29. The summed E-state index contributed by atoms with van der Waals surface area (Å²) in [4.78, 5) is 26.8. The van der Waals surface area contributed by atoms with E-state index in [4.69, 9.17) is 15.2 Å². The molecule has 1 aliphatic heterocycles. The minimum absolute atomic E-state index is 0.0448. The summed E-state index contributed by atoms with van der Waals surface area (Å²) >= 11 is 0. The van der Waals surface area contributed by atoms with Gasteiger partial charge in [0.05, 0.1) is 19.8 Å². The molecule has 34 heavy (non-hydrogen) atoms. The van der Waals surface area contributed by atoms with Gasteiger partial charge in [-0.05, 0) is 66.3 Å². The third-order valence-corrected chi connectivity index (χ3v) is 5.95. The first-order valence-corrected chi connectivity index (χ1v) is 11.7. The third kappa shape index (κ3) is 6.02. The van der Waals surface area contributed by atoms with Crippen LogP contribution in [0, 0.1) is 0 Å². The van der Waals surface area contributed by atoms with Crippen molar-refractivity contribution in [2.75, 3.05) is 32.9 Å². The Labute approximate surface area is 200 Å². The zero-order valence-electron chi connectivity index (χ0n) is 19.2. The first-order valence-electron chi connectivity index (χ1n) is 11.7. The summed E-state index contributed by atoms with van der Waals surface area (Å²) in [5, 5.41) is 0. The van der Waals surface area contributed by atoms with Crippen LogP contribution in [0.1, 0.15) is 39.1 Å². The average Bonchev–Trinajstić information content (AvgIpc) is 2.89. The SMILES string of the molecule is NC(=O)c1ccc(OCCCCc2ccccc2)cc1-c1cccc(C(=O)N2CCOCC2)c1. The number of amides is 2. The highest BCUT2D eigenvalue weighted by atomic mass is 16.5. The number of carbonyl (C=O) groups excluding carboxylic acids is 2. The number of benzene rings is 3. The van der Waals surface area contributed by atoms with E-state index in [1.165, 1.54) is 5.56 Å². The Morgan fingerprint density at radius 1 is 0.912 bits per heavy atom. The first kappa shape index (κ1) is 23.5. The zero-order chi connectivity index (χ0) is 23.8. The van der Waals surface area contributed by atoms with Crippen molar-refractivity contribution in [1.29, 1.82) is 0 Å². The van der Waals surface area contributed by atoms with Crippen molar-refractivity contribution in [3.8, 4) is 16.9 Å². The highest BCUT2D eigenvalue weighted by Gasteiger charge is 2.20. The van der Waals surface area contributed by atoms with Crippen molar-refractivity contribution < 1.29 is 19.1 Å². The molecule has 3 aromatic carbocycles. The summed E-state index contributed by atoms with van der Waals surface area (Å²) in [6, 6.07) is 23.0. The third-order valence-electron chi connectivity index (χ3n) is 5.95. The molecular formula is C28H30N2O4. The van der Waals surface area contributed by atoms with Crippen LogP contribution in [0.15, 0.2) is 72.8 Å². The molecule has 1 aliphatic rings. The van der Waals surface area contributed by atoms with E-state index >= 15 is 0 Å². The van der Waals surface area contributed by atoms with Crippen molar-refractivity contribution in [3.05, 3.63) is 89.5 Å². The van der Waals surface area contributed by atoms with Gasteiger partial charge in [0.25, 0.3) is 5.91 Å². The van der Waals surface area contributed by atoms with Gasteiger partial charge in [-0.1, -0.05) is 42.5 Å². The second-order valence-corrected chi connectivity index (χ2v) is 8.35. The zero-order valence-corrected chi connectivity index (χ0v) is 19.2. The lowest BCUT2D eigenvalue weighted by Gasteiger charge is -2.27. The molecule has 0 radical (unpaired) electrons. The monoisotopic (exact) mass is 458 g/mol. The Morgan fingerprint density at radius 2 is 1.71 bits per heavy atom. The molecule has 0 spiro atoms. The van der Waals surface area contributed by atoms with E-state index in [2.05, 4.69) is 24.3 Å². The average molecular weight is 459 g/mol. The number of carbonyl (C=O) groups is 2. The highest BCUT2D eigenvalue weighted by molar-refractivity contribution is 6.01. The number of hydrogen-bond donors (Lipinski definition) is 1. The number of morpholine rings is 1. The van der Waals surface area contributed by atoms with Crippen molar-refractivity contribution >= 4 is 11.8 Å². The molecule has 6 nitrogen and oxygen atoms in total. The van der Waals surface area contributed by atoms with Crippen molar-refractivity contribution in [3.63, 3.8) is 0 Å². The molecule has 0 unspecified atom stereocenters. The van der Waals surface area contributed by atoms with E-state index in [9.17, 15) is 9.59 Å². The fraction of sp³-hybridized carbons (Fsp3) is 0.286. The van der Waals surface area contributed by atoms with Gasteiger partial charge in [0.2, 0.25) is 5.91 Å². The fourth-order valence-electron chi connectivity index (χ4n) is 4.10. The number of unbranched alkanes of at least 4 members (excludes halogenated alkanes) is 1. The number of rotatable bonds is 9. The Kier molecular flexibility index (Phi) is 7.94. The fourth-order valence-corrected chi connectivity index (χ4v) is 4.10. The lowest BCUT2D eigenvalue weighted by Crippen LogP contribution is -2.40.